The van der Waals surface area contributed by atoms with Crippen molar-refractivity contribution in [3.8, 4) is 0 Å². The van der Waals surface area contributed by atoms with Gasteiger partial charge in [0.05, 0.1) is 24.4 Å². The molecule has 2 saturated heterocycles. The highest BCUT2D eigenvalue weighted by Gasteiger charge is 2.52. The van der Waals surface area contributed by atoms with Crippen LogP contribution in [0.5, 0.6) is 0 Å². The number of ketones is 3. The number of aliphatic hydroxyl groups is 3. The quantitative estimate of drug-likeness (QED) is 0.0415. The third-order valence-corrected chi connectivity index (χ3v) is 14.7. The van der Waals surface area contributed by atoms with Gasteiger partial charge in [0.15, 0.2) is 5.78 Å². The van der Waals surface area contributed by atoms with E-state index >= 15 is 0 Å². The molecule has 0 aromatic heterocycles. The van der Waals surface area contributed by atoms with Gasteiger partial charge in [0.1, 0.15) is 24.0 Å². The molecule has 2 aliphatic heterocycles. The molecule has 0 spiro atoms. The van der Waals surface area contributed by atoms with E-state index in [0.717, 1.165) is 36.2 Å². The van der Waals surface area contributed by atoms with E-state index in [1.165, 1.54) is 7.11 Å². The first-order valence-corrected chi connectivity index (χ1v) is 24.3. The molecule has 3 aliphatic rings. The lowest BCUT2D eigenvalue weighted by molar-refractivity contribution is -0.265. The molecule has 0 bridgehead atoms. The zero-order chi connectivity index (χ0) is 49.5. The van der Waals surface area contributed by atoms with E-state index in [1.807, 2.05) is 58.1 Å². The summed E-state index contributed by atoms with van der Waals surface area (Å²) in [6, 6.07) is -1.12. The Hall–Kier alpha value is -3.37. The summed E-state index contributed by atoms with van der Waals surface area (Å²) >= 11 is 0. The zero-order valence-electron chi connectivity index (χ0n) is 41.6. The van der Waals surface area contributed by atoms with Gasteiger partial charge in [-0.2, -0.15) is 0 Å². The fraction of sp³-hybridized carbons (Fsp3) is 0.750. The summed E-state index contributed by atoms with van der Waals surface area (Å²) in [4.78, 5) is 66.4. The van der Waals surface area contributed by atoms with Gasteiger partial charge in [-0.3, -0.25) is 19.2 Å². The first kappa shape index (κ1) is 57.0. The molecule has 14 nitrogen and oxygen atoms in total. The lowest BCUT2D eigenvalue weighted by atomic mass is 9.76. The summed E-state index contributed by atoms with van der Waals surface area (Å²) in [5.41, 5.74) is 1.38. The number of aliphatic hydroxyl groups excluding tert-OH is 2. The molecule has 1 saturated carbocycles. The molecule has 4 N–H and O–H groups in total. The fourth-order valence-corrected chi connectivity index (χ4v) is 9.94. The molecule has 0 aromatic carbocycles. The Labute approximate surface area is 394 Å². The maximum atomic E-state index is 13.6. The van der Waals surface area contributed by atoms with Crippen molar-refractivity contribution in [2.24, 2.45) is 41.4 Å². The maximum Gasteiger partial charge on any atom is 0.326 e. The van der Waals surface area contributed by atoms with E-state index in [2.05, 4.69) is 13.8 Å². The molecule has 15 atom stereocenters. The van der Waals surface area contributed by atoms with E-state index < -0.39 is 77.8 Å². The van der Waals surface area contributed by atoms with Gasteiger partial charge in [0.25, 0.3) is 11.7 Å². The van der Waals surface area contributed by atoms with E-state index in [0.29, 0.717) is 62.4 Å². The van der Waals surface area contributed by atoms with Crippen LogP contribution in [0.2, 0.25) is 0 Å². The highest BCUT2D eigenvalue weighted by atomic mass is 16.6. The summed E-state index contributed by atoms with van der Waals surface area (Å²) < 4.78 is 22.8. The van der Waals surface area contributed by atoms with Crippen molar-refractivity contribution in [2.45, 2.75) is 181 Å². The van der Waals surface area contributed by atoms with Gasteiger partial charge in [0.2, 0.25) is 5.79 Å². The molecule has 2 heterocycles. The topological polar surface area (TPSA) is 206 Å². The van der Waals surface area contributed by atoms with Crippen molar-refractivity contribution in [2.75, 3.05) is 27.9 Å². The SMILES string of the molecule is CO[C@@H](C[C@@H]1CC[C@@H](C)[C@](O)(C(=O)C(=O)N2CCCC[C@H]2C(=O)O)O1)/C(C)=C/C=C/C=C/[C@@H](C)C[C@@H](C)C(=O)[C@H](OC)[C@H](O)/C(C)=C/[C@@H](C)C(=O)C[C@H](C)[C@H](C)C[C@@H]1CC[C@@H](O)[C@H](OC)C1. The molecule has 1 amide bonds. The minimum Gasteiger partial charge on any atom is -0.480 e. The van der Waals surface area contributed by atoms with Gasteiger partial charge >= 0.3 is 5.97 Å². The number of Topliss-reactive ketones (excluding diaryl/α,β-unsaturated/α-hetero) is 3. The highest BCUT2D eigenvalue weighted by Crippen LogP contribution is 2.37. The lowest BCUT2D eigenvalue weighted by Gasteiger charge is -2.42. The summed E-state index contributed by atoms with van der Waals surface area (Å²) in [6.07, 6.45) is 14.6. The van der Waals surface area contributed by atoms with Crippen molar-refractivity contribution in [1.82, 2.24) is 4.90 Å². The standard InChI is InChI=1S/C52H83NO13/c1-31(25-36(6)46(56)48(65-11)47(57)37(7)26-35(5)43(55)28-34(4)33(3)27-39-21-23-42(54)45(29-39)64-10)17-13-12-14-18-32(2)44(63-9)30-40-22-20-38(8)52(62,66-40)49(58)50(59)53-24-16-15-19-41(53)51(60)61/h12-14,17-18,26,31,33-36,38-42,44-45,47-48,54,57,62H,15-16,19-25,27-30H2,1-11H3,(H,60,61)/b14-12+,17-13+,32-18+,37-26+/t31-,33-,34+,35-,36-,38-,39+,40+,41+,42-,44+,45-,47-,48+,52-/m1/s1. The molecule has 374 valence electrons. The van der Waals surface area contributed by atoms with Crippen LogP contribution in [-0.4, -0.2) is 131 Å². The number of allylic oxidation sites excluding steroid dienone is 6. The smallest absolute Gasteiger partial charge is 0.326 e. The van der Waals surface area contributed by atoms with E-state index in [1.54, 1.807) is 34.1 Å². The first-order chi connectivity index (χ1) is 31.1. The van der Waals surface area contributed by atoms with E-state index in [9.17, 15) is 44.4 Å². The molecule has 3 rings (SSSR count). The monoisotopic (exact) mass is 930 g/mol. The second kappa shape index (κ2) is 27.0. The Kier molecular flexibility index (Phi) is 23.3. The van der Waals surface area contributed by atoms with Gasteiger partial charge in [0, 0.05) is 58.5 Å². The number of nitrogens with zero attached hydrogens (tertiary/aromatic N) is 1. The predicted molar refractivity (Wildman–Crippen MR) is 252 cm³/mol. The van der Waals surface area contributed by atoms with Crippen LogP contribution < -0.4 is 0 Å². The van der Waals surface area contributed by atoms with Crippen molar-refractivity contribution in [3.05, 3.63) is 47.6 Å². The molecule has 14 heteroatoms. The van der Waals surface area contributed by atoms with Crippen LogP contribution in [0, 0.1) is 41.4 Å². The molecule has 1 aliphatic carbocycles. The van der Waals surface area contributed by atoms with Gasteiger partial charge in [-0.15, -0.1) is 0 Å². The fourth-order valence-electron chi connectivity index (χ4n) is 9.94. The molecular formula is C52H83NO13. The van der Waals surface area contributed by atoms with Crippen molar-refractivity contribution in [3.63, 3.8) is 0 Å². The predicted octanol–water partition coefficient (Wildman–Crippen LogP) is 6.98. The average Bonchev–Trinajstić information content (AvgIpc) is 3.28. The maximum absolute atomic E-state index is 13.6. The number of hydrogen-bond donors (Lipinski definition) is 4. The van der Waals surface area contributed by atoms with Gasteiger partial charge < -0.3 is 44.3 Å². The molecule has 66 heavy (non-hydrogen) atoms. The number of likely N-dealkylation sites (tertiary alicyclic amines) is 1. The molecule has 0 aromatic rings. The van der Waals surface area contributed by atoms with E-state index in [-0.39, 0.29) is 42.5 Å². The van der Waals surface area contributed by atoms with Crippen LogP contribution in [0.25, 0.3) is 0 Å². The Morgan fingerprint density at radius 2 is 1.56 bits per heavy atom. The van der Waals surface area contributed by atoms with Crippen molar-refractivity contribution >= 4 is 29.2 Å². The van der Waals surface area contributed by atoms with Crippen LogP contribution in [0.1, 0.15) is 132 Å². The number of amides is 1. The van der Waals surface area contributed by atoms with Crippen molar-refractivity contribution in [1.29, 1.82) is 0 Å². The lowest BCUT2D eigenvalue weighted by Crippen LogP contribution is -2.60. The number of methoxy groups -OCH3 is 3. The van der Waals surface area contributed by atoms with Crippen molar-refractivity contribution < 1.29 is 63.3 Å². The van der Waals surface area contributed by atoms with Gasteiger partial charge in [-0.25, -0.2) is 4.79 Å². The average molecular weight is 930 g/mol. The Balaban J connectivity index is 1.50. The number of carboxylic acids is 1. The van der Waals surface area contributed by atoms with Gasteiger partial charge in [-0.05, 0) is 113 Å². The molecule has 3 fully saturated rings. The third-order valence-electron chi connectivity index (χ3n) is 14.7. The number of carbonyl (C=O) groups is 5. The van der Waals surface area contributed by atoms with Crippen LogP contribution in [0.3, 0.4) is 0 Å². The Morgan fingerprint density at radius 3 is 2.20 bits per heavy atom. The Bertz CT molecular complexity index is 1740. The number of aliphatic carboxylic acids is 1. The molecule has 0 radical (unpaired) electrons. The van der Waals surface area contributed by atoms with Crippen LogP contribution in [0.4, 0.5) is 0 Å². The molecule has 0 unspecified atom stereocenters. The minimum atomic E-state index is -2.38. The normalized spacial score (nSPS) is 29.5. The summed E-state index contributed by atoms with van der Waals surface area (Å²) in [5, 5.41) is 42.5. The zero-order valence-corrected chi connectivity index (χ0v) is 41.6. The number of hydrogen-bond acceptors (Lipinski definition) is 12. The first-order valence-electron chi connectivity index (χ1n) is 24.3. The number of carboxylic acid groups (broad SMARTS) is 1. The number of ether oxygens (including phenoxy) is 4. The highest BCUT2D eigenvalue weighted by molar-refractivity contribution is 6.39. The van der Waals surface area contributed by atoms with Crippen LogP contribution >= 0.6 is 0 Å². The summed E-state index contributed by atoms with van der Waals surface area (Å²) in [6.45, 7) is 15.3. The number of carbonyl (C=O) groups excluding carboxylic acids is 4. The third kappa shape index (κ3) is 15.8. The van der Waals surface area contributed by atoms with Crippen LogP contribution in [0.15, 0.2) is 47.6 Å². The minimum absolute atomic E-state index is 0.0222. The number of rotatable bonds is 25. The van der Waals surface area contributed by atoms with E-state index in [4.69, 9.17) is 18.9 Å². The number of piperidine rings is 1. The summed E-state index contributed by atoms with van der Waals surface area (Å²) in [5.74, 6) is -6.43. The largest absolute Gasteiger partial charge is 0.480 e. The Morgan fingerprint density at radius 1 is 0.864 bits per heavy atom. The second-order valence-corrected chi connectivity index (χ2v) is 19.9. The van der Waals surface area contributed by atoms with Crippen LogP contribution in [-0.2, 0) is 42.9 Å². The molecular weight excluding hydrogens is 847 g/mol. The van der Waals surface area contributed by atoms with Gasteiger partial charge in [-0.1, -0.05) is 78.0 Å². The summed E-state index contributed by atoms with van der Waals surface area (Å²) in [7, 11) is 4.61. The second-order valence-electron chi connectivity index (χ2n) is 19.9.